The molecule has 0 amide bonds. The predicted molar refractivity (Wildman–Crippen MR) is 68.5 cm³/mol. The minimum absolute atomic E-state index is 0.818. The van der Waals surface area contributed by atoms with Gasteiger partial charge in [-0.3, -0.25) is 0 Å². The van der Waals surface area contributed by atoms with E-state index in [0.29, 0.717) is 0 Å². The van der Waals surface area contributed by atoms with Crippen LogP contribution in [0.25, 0.3) is 0 Å². The van der Waals surface area contributed by atoms with Crippen LogP contribution in [0.4, 0.5) is 0 Å². The summed E-state index contributed by atoms with van der Waals surface area (Å²) in [5.41, 5.74) is 2.09. The van der Waals surface area contributed by atoms with Gasteiger partial charge in [0.2, 0.25) is 0 Å². The van der Waals surface area contributed by atoms with Gasteiger partial charge in [0.15, 0.2) is 0 Å². The van der Waals surface area contributed by atoms with Gasteiger partial charge in [-0.1, -0.05) is 44.3 Å². The van der Waals surface area contributed by atoms with Crippen molar-refractivity contribution < 1.29 is 9.90 Å². The van der Waals surface area contributed by atoms with Crippen LogP contribution >= 0.6 is 0 Å². The lowest BCUT2D eigenvalue weighted by atomic mass is 10.0. The Morgan fingerprint density at radius 2 is 1.69 bits per heavy atom. The van der Waals surface area contributed by atoms with E-state index in [0.717, 1.165) is 12.0 Å². The van der Waals surface area contributed by atoms with Gasteiger partial charge in [-0.25, -0.2) is 4.79 Å². The zero-order valence-corrected chi connectivity index (χ0v) is 10.8. The Morgan fingerprint density at radius 1 is 1.06 bits per heavy atom. The van der Waals surface area contributed by atoms with Crippen molar-refractivity contribution in [2.45, 2.75) is 59.3 Å². The van der Waals surface area contributed by atoms with E-state index in [1.807, 2.05) is 13.0 Å². The summed E-state index contributed by atoms with van der Waals surface area (Å²) in [5, 5.41) is 8.56. The van der Waals surface area contributed by atoms with E-state index in [-0.39, 0.29) is 0 Å². The van der Waals surface area contributed by atoms with Gasteiger partial charge >= 0.3 is 5.97 Å². The molecule has 0 spiro atoms. The molecule has 0 bridgehead atoms. The normalized spacial score (nSPS) is 12.9. The van der Waals surface area contributed by atoms with E-state index in [4.69, 9.17) is 5.11 Å². The zero-order valence-electron chi connectivity index (χ0n) is 10.8. The molecule has 0 aromatic heterocycles. The van der Waals surface area contributed by atoms with Crippen molar-refractivity contribution >= 4 is 5.97 Å². The van der Waals surface area contributed by atoms with Gasteiger partial charge in [-0.2, -0.15) is 0 Å². The summed E-state index contributed by atoms with van der Waals surface area (Å²) in [6.07, 6.45) is 10.7. The Bertz CT molecular complexity index is 262. The van der Waals surface area contributed by atoms with Gasteiger partial charge in [0.25, 0.3) is 0 Å². The number of carboxylic acid groups (broad SMARTS) is 1. The first kappa shape index (κ1) is 14.9. The first-order chi connectivity index (χ1) is 7.56. The second-order valence-corrected chi connectivity index (χ2v) is 4.38. The molecule has 0 fully saturated rings. The second kappa shape index (κ2) is 9.20. The van der Waals surface area contributed by atoms with Gasteiger partial charge in [-0.15, -0.1) is 0 Å². The molecule has 0 unspecified atom stereocenters. The van der Waals surface area contributed by atoms with E-state index in [2.05, 4.69) is 13.8 Å². The van der Waals surface area contributed by atoms with Crippen molar-refractivity contribution in [3.05, 3.63) is 23.3 Å². The Kier molecular flexibility index (Phi) is 8.59. The zero-order chi connectivity index (χ0) is 12.4. The molecular weight excluding hydrogens is 200 g/mol. The molecule has 0 aliphatic rings. The molecule has 0 atom stereocenters. The molecule has 0 saturated heterocycles. The fraction of sp³-hybridized carbons (Fsp3) is 0.643. The fourth-order valence-corrected chi connectivity index (χ4v) is 1.70. The SMILES string of the molecule is CCCCCCC/C(C)=C/C(C)=C\C(=O)O. The number of unbranched alkanes of at least 4 members (excludes halogenated alkanes) is 4. The summed E-state index contributed by atoms with van der Waals surface area (Å²) in [4.78, 5) is 10.4. The van der Waals surface area contributed by atoms with E-state index < -0.39 is 5.97 Å². The quantitative estimate of drug-likeness (QED) is 0.378. The highest BCUT2D eigenvalue weighted by molar-refractivity contribution is 5.81. The van der Waals surface area contributed by atoms with Gasteiger partial charge in [0.1, 0.15) is 0 Å². The molecule has 0 aliphatic carbocycles. The molecule has 2 heteroatoms. The van der Waals surface area contributed by atoms with Gasteiger partial charge < -0.3 is 5.11 Å². The highest BCUT2D eigenvalue weighted by Crippen LogP contribution is 2.12. The molecule has 0 rings (SSSR count). The topological polar surface area (TPSA) is 37.3 Å². The molecule has 0 radical (unpaired) electrons. The van der Waals surface area contributed by atoms with Crippen LogP contribution in [0, 0.1) is 0 Å². The first-order valence-electron chi connectivity index (χ1n) is 6.14. The highest BCUT2D eigenvalue weighted by atomic mass is 16.4. The number of rotatable bonds is 8. The summed E-state index contributed by atoms with van der Waals surface area (Å²) >= 11 is 0. The molecule has 0 saturated carbocycles. The van der Waals surface area contributed by atoms with Crippen molar-refractivity contribution in [1.82, 2.24) is 0 Å². The third kappa shape index (κ3) is 9.50. The van der Waals surface area contributed by atoms with Crippen LogP contribution in [0.3, 0.4) is 0 Å². The first-order valence-corrected chi connectivity index (χ1v) is 6.14. The van der Waals surface area contributed by atoms with Crippen molar-refractivity contribution in [2.75, 3.05) is 0 Å². The summed E-state index contributed by atoms with van der Waals surface area (Å²) in [6, 6.07) is 0. The Labute approximate surface area is 99.1 Å². The number of hydrogen-bond acceptors (Lipinski definition) is 1. The number of carboxylic acids is 1. The lowest BCUT2D eigenvalue weighted by Gasteiger charge is -2.01. The van der Waals surface area contributed by atoms with Crippen molar-refractivity contribution in [1.29, 1.82) is 0 Å². The third-order valence-electron chi connectivity index (χ3n) is 2.50. The maximum atomic E-state index is 10.4. The molecule has 0 aromatic carbocycles. The summed E-state index contributed by atoms with van der Waals surface area (Å²) in [7, 11) is 0. The highest BCUT2D eigenvalue weighted by Gasteiger charge is 1.94. The number of carbonyl (C=O) groups is 1. The maximum absolute atomic E-state index is 10.4. The minimum Gasteiger partial charge on any atom is -0.478 e. The molecule has 92 valence electrons. The van der Waals surface area contributed by atoms with Crippen LogP contribution in [0.15, 0.2) is 23.3 Å². The predicted octanol–water partition coefficient (Wildman–Crippen LogP) is 4.32. The lowest BCUT2D eigenvalue weighted by Crippen LogP contribution is -1.89. The van der Waals surface area contributed by atoms with Crippen molar-refractivity contribution in [2.24, 2.45) is 0 Å². The summed E-state index contributed by atoms with van der Waals surface area (Å²) in [6.45, 7) is 6.11. The van der Waals surface area contributed by atoms with Crippen LogP contribution < -0.4 is 0 Å². The van der Waals surface area contributed by atoms with Crippen LogP contribution in [-0.4, -0.2) is 11.1 Å². The third-order valence-corrected chi connectivity index (χ3v) is 2.50. The number of aliphatic carboxylic acids is 1. The summed E-state index contributed by atoms with van der Waals surface area (Å²) in [5.74, 6) is -0.871. The van der Waals surface area contributed by atoms with E-state index in [1.54, 1.807) is 0 Å². The van der Waals surface area contributed by atoms with E-state index in [1.165, 1.54) is 43.8 Å². The molecule has 0 aliphatic heterocycles. The fourth-order valence-electron chi connectivity index (χ4n) is 1.70. The Hall–Kier alpha value is -1.05. The molecular formula is C14H24O2. The number of allylic oxidation sites excluding steroid dienone is 3. The second-order valence-electron chi connectivity index (χ2n) is 4.38. The van der Waals surface area contributed by atoms with Crippen LogP contribution in [0.5, 0.6) is 0 Å². The Morgan fingerprint density at radius 3 is 2.25 bits per heavy atom. The van der Waals surface area contributed by atoms with E-state index >= 15 is 0 Å². The van der Waals surface area contributed by atoms with Gasteiger partial charge in [0.05, 0.1) is 0 Å². The summed E-state index contributed by atoms with van der Waals surface area (Å²) < 4.78 is 0. The van der Waals surface area contributed by atoms with Crippen LogP contribution in [-0.2, 0) is 4.79 Å². The lowest BCUT2D eigenvalue weighted by molar-refractivity contribution is -0.131. The largest absolute Gasteiger partial charge is 0.478 e. The van der Waals surface area contributed by atoms with Crippen LogP contribution in [0.2, 0.25) is 0 Å². The molecule has 0 aromatic rings. The number of hydrogen-bond donors (Lipinski definition) is 1. The van der Waals surface area contributed by atoms with Crippen molar-refractivity contribution in [3.63, 3.8) is 0 Å². The van der Waals surface area contributed by atoms with Gasteiger partial charge in [-0.05, 0) is 32.3 Å². The minimum atomic E-state index is -0.871. The average molecular weight is 224 g/mol. The molecule has 2 nitrogen and oxygen atoms in total. The Balaban J connectivity index is 3.83. The standard InChI is InChI=1S/C14H24O2/c1-4-5-6-7-8-9-12(2)10-13(3)11-14(15)16/h10-11H,4-9H2,1-3H3,(H,15,16)/b12-10+,13-11-. The smallest absolute Gasteiger partial charge is 0.328 e. The molecule has 0 heterocycles. The molecule has 1 N–H and O–H groups in total. The average Bonchev–Trinajstić information content (AvgIpc) is 2.15. The van der Waals surface area contributed by atoms with Crippen molar-refractivity contribution in [3.8, 4) is 0 Å². The van der Waals surface area contributed by atoms with Gasteiger partial charge in [0, 0.05) is 6.08 Å². The molecule has 16 heavy (non-hydrogen) atoms. The van der Waals surface area contributed by atoms with Crippen LogP contribution in [0.1, 0.15) is 59.3 Å². The maximum Gasteiger partial charge on any atom is 0.328 e. The van der Waals surface area contributed by atoms with E-state index in [9.17, 15) is 4.79 Å². The monoisotopic (exact) mass is 224 g/mol.